The molecule has 2 aromatic rings. The van der Waals surface area contributed by atoms with Gasteiger partial charge in [0.05, 0.1) is 12.2 Å². The standard InChI is InChI=1S/C14H20N4O/c1-2-3-12-4-6-14(7-5-12)19-9-8-18-11-13(10-15)16-17-18/h4-7,11H,2-3,8-10,15H2,1H3. The molecule has 0 amide bonds. The van der Waals surface area contributed by atoms with Gasteiger partial charge in [-0.05, 0) is 24.1 Å². The molecule has 0 bridgehead atoms. The molecule has 1 heterocycles. The number of aryl methyl sites for hydroxylation is 1. The molecule has 2 rings (SSSR count). The monoisotopic (exact) mass is 260 g/mol. The topological polar surface area (TPSA) is 66.0 Å². The van der Waals surface area contributed by atoms with Gasteiger partial charge in [-0.15, -0.1) is 5.10 Å². The summed E-state index contributed by atoms with van der Waals surface area (Å²) in [6, 6.07) is 8.25. The fraction of sp³-hybridized carbons (Fsp3) is 0.429. The number of nitrogens with two attached hydrogens (primary N) is 1. The summed E-state index contributed by atoms with van der Waals surface area (Å²) >= 11 is 0. The number of rotatable bonds is 7. The van der Waals surface area contributed by atoms with E-state index in [1.165, 1.54) is 5.56 Å². The number of hydrogen-bond donors (Lipinski definition) is 1. The Bertz CT molecular complexity index is 492. The van der Waals surface area contributed by atoms with Crippen LogP contribution in [0.1, 0.15) is 24.6 Å². The molecule has 5 heteroatoms. The predicted octanol–water partition coefficient (Wildman–Crippen LogP) is 1.77. The predicted molar refractivity (Wildman–Crippen MR) is 73.8 cm³/mol. The largest absolute Gasteiger partial charge is 0.492 e. The first-order valence-electron chi connectivity index (χ1n) is 6.62. The molecule has 0 spiro atoms. The highest BCUT2D eigenvalue weighted by atomic mass is 16.5. The van der Waals surface area contributed by atoms with Crippen molar-refractivity contribution in [3.8, 4) is 5.75 Å². The molecule has 0 saturated carbocycles. The molecule has 2 N–H and O–H groups in total. The summed E-state index contributed by atoms with van der Waals surface area (Å²) in [6.07, 6.45) is 4.12. The van der Waals surface area contributed by atoms with Crippen LogP contribution in [0.5, 0.6) is 5.75 Å². The molecule has 19 heavy (non-hydrogen) atoms. The molecular weight excluding hydrogens is 240 g/mol. The highest BCUT2D eigenvalue weighted by molar-refractivity contribution is 5.27. The Kier molecular flexibility index (Phi) is 4.92. The fourth-order valence-electron chi connectivity index (χ4n) is 1.84. The van der Waals surface area contributed by atoms with E-state index >= 15 is 0 Å². The molecule has 1 aromatic heterocycles. The van der Waals surface area contributed by atoms with Gasteiger partial charge in [0, 0.05) is 12.7 Å². The summed E-state index contributed by atoms with van der Waals surface area (Å²) in [4.78, 5) is 0. The quantitative estimate of drug-likeness (QED) is 0.824. The minimum absolute atomic E-state index is 0.416. The average Bonchev–Trinajstić information content (AvgIpc) is 2.89. The maximum atomic E-state index is 5.67. The molecule has 0 unspecified atom stereocenters. The Labute approximate surface area is 113 Å². The zero-order chi connectivity index (χ0) is 13.5. The highest BCUT2D eigenvalue weighted by Gasteiger charge is 1.99. The molecule has 0 radical (unpaired) electrons. The normalized spacial score (nSPS) is 10.6. The van der Waals surface area contributed by atoms with Gasteiger partial charge < -0.3 is 10.5 Å². The van der Waals surface area contributed by atoms with Crippen molar-refractivity contribution in [1.82, 2.24) is 15.0 Å². The third-order valence-electron chi connectivity index (χ3n) is 2.85. The van der Waals surface area contributed by atoms with E-state index in [4.69, 9.17) is 10.5 Å². The minimum Gasteiger partial charge on any atom is -0.492 e. The van der Waals surface area contributed by atoms with E-state index in [0.717, 1.165) is 24.3 Å². The van der Waals surface area contributed by atoms with Crippen LogP contribution in [-0.4, -0.2) is 21.6 Å². The summed E-state index contributed by atoms with van der Waals surface area (Å²) in [7, 11) is 0. The van der Waals surface area contributed by atoms with Gasteiger partial charge in [0.25, 0.3) is 0 Å². The molecule has 5 nitrogen and oxygen atoms in total. The number of benzene rings is 1. The van der Waals surface area contributed by atoms with Crippen molar-refractivity contribution in [3.05, 3.63) is 41.7 Å². The Morgan fingerprint density at radius 2 is 2.05 bits per heavy atom. The maximum absolute atomic E-state index is 5.67. The van der Waals surface area contributed by atoms with Gasteiger partial charge in [0.15, 0.2) is 0 Å². The van der Waals surface area contributed by atoms with Gasteiger partial charge in [-0.3, -0.25) is 0 Å². The van der Waals surface area contributed by atoms with Gasteiger partial charge in [-0.1, -0.05) is 30.7 Å². The first-order valence-corrected chi connectivity index (χ1v) is 6.62. The number of nitrogens with zero attached hydrogens (tertiary/aromatic N) is 3. The lowest BCUT2D eigenvalue weighted by molar-refractivity contribution is 0.289. The smallest absolute Gasteiger partial charge is 0.119 e. The molecule has 0 aliphatic carbocycles. The van der Waals surface area contributed by atoms with E-state index in [0.29, 0.717) is 19.7 Å². The zero-order valence-electron chi connectivity index (χ0n) is 11.2. The lowest BCUT2D eigenvalue weighted by atomic mass is 10.1. The number of aromatic nitrogens is 3. The summed E-state index contributed by atoms with van der Waals surface area (Å²) < 4.78 is 7.41. The molecule has 1 aromatic carbocycles. The molecule has 0 aliphatic rings. The van der Waals surface area contributed by atoms with Crippen LogP contribution >= 0.6 is 0 Å². The summed E-state index contributed by atoms with van der Waals surface area (Å²) in [5.74, 6) is 0.888. The van der Waals surface area contributed by atoms with Crippen LogP contribution in [0.2, 0.25) is 0 Å². The van der Waals surface area contributed by atoms with Gasteiger partial charge in [-0.2, -0.15) is 0 Å². The van der Waals surface area contributed by atoms with E-state index in [1.54, 1.807) is 4.68 Å². The summed E-state index contributed by atoms with van der Waals surface area (Å²) in [5, 5.41) is 7.89. The number of hydrogen-bond acceptors (Lipinski definition) is 4. The lowest BCUT2D eigenvalue weighted by Gasteiger charge is -2.06. The van der Waals surface area contributed by atoms with Crippen LogP contribution in [0.3, 0.4) is 0 Å². The van der Waals surface area contributed by atoms with E-state index in [1.807, 2.05) is 18.3 Å². The van der Waals surface area contributed by atoms with E-state index in [-0.39, 0.29) is 0 Å². The third-order valence-corrected chi connectivity index (χ3v) is 2.85. The van der Waals surface area contributed by atoms with Gasteiger partial charge in [-0.25, -0.2) is 4.68 Å². The summed E-state index contributed by atoms with van der Waals surface area (Å²) in [5.41, 5.74) is 7.62. The second-order valence-corrected chi connectivity index (χ2v) is 4.42. The van der Waals surface area contributed by atoms with Crippen LogP contribution < -0.4 is 10.5 Å². The van der Waals surface area contributed by atoms with Crippen LogP contribution in [-0.2, 0) is 19.5 Å². The molecule has 0 atom stereocenters. The second kappa shape index (κ2) is 6.89. The Hall–Kier alpha value is -1.88. The van der Waals surface area contributed by atoms with Crippen molar-refractivity contribution >= 4 is 0 Å². The van der Waals surface area contributed by atoms with Gasteiger partial charge in [0.1, 0.15) is 12.4 Å². The highest BCUT2D eigenvalue weighted by Crippen LogP contribution is 2.13. The van der Waals surface area contributed by atoms with Crippen LogP contribution in [0, 0.1) is 0 Å². The van der Waals surface area contributed by atoms with E-state index in [2.05, 4.69) is 29.4 Å². The fourth-order valence-corrected chi connectivity index (χ4v) is 1.84. The first-order chi connectivity index (χ1) is 9.31. The molecule has 0 aliphatic heterocycles. The van der Waals surface area contributed by atoms with Gasteiger partial charge >= 0.3 is 0 Å². The maximum Gasteiger partial charge on any atom is 0.119 e. The second-order valence-electron chi connectivity index (χ2n) is 4.42. The van der Waals surface area contributed by atoms with Crippen molar-refractivity contribution < 1.29 is 4.74 Å². The summed E-state index contributed by atoms with van der Waals surface area (Å²) in [6.45, 7) is 3.84. The van der Waals surface area contributed by atoms with Crippen molar-refractivity contribution in [1.29, 1.82) is 0 Å². The van der Waals surface area contributed by atoms with Crippen molar-refractivity contribution in [3.63, 3.8) is 0 Å². The third kappa shape index (κ3) is 4.06. The van der Waals surface area contributed by atoms with E-state index in [9.17, 15) is 0 Å². The number of ether oxygens (including phenoxy) is 1. The molecule has 0 saturated heterocycles. The average molecular weight is 260 g/mol. The van der Waals surface area contributed by atoms with Crippen molar-refractivity contribution in [2.75, 3.05) is 6.61 Å². The first kappa shape index (κ1) is 13.5. The van der Waals surface area contributed by atoms with Crippen LogP contribution in [0.15, 0.2) is 30.5 Å². The van der Waals surface area contributed by atoms with Crippen molar-refractivity contribution in [2.45, 2.75) is 32.9 Å². The van der Waals surface area contributed by atoms with Crippen LogP contribution in [0.25, 0.3) is 0 Å². The minimum atomic E-state index is 0.416. The SMILES string of the molecule is CCCc1ccc(OCCn2cc(CN)nn2)cc1. The lowest BCUT2D eigenvalue weighted by Crippen LogP contribution is -2.08. The van der Waals surface area contributed by atoms with Crippen LogP contribution in [0.4, 0.5) is 0 Å². The zero-order valence-corrected chi connectivity index (χ0v) is 11.2. The Balaban J connectivity index is 1.78. The van der Waals surface area contributed by atoms with Gasteiger partial charge in [0.2, 0.25) is 0 Å². The van der Waals surface area contributed by atoms with E-state index < -0.39 is 0 Å². The molecule has 102 valence electrons. The Morgan fingerprint density at radius 3 is 2.68 bits per heavy atom. The van der Waals surface area contributed by atoms with Crippen molar-refractivity contribution in [2.24, 2.45) is 5.73 Å². The molecular formula is C14H20N4O. The Morgan fingerprint density at radius 1 is 1.26 bits per heavy atom. The molecule has 0 fully saturated rings.